The Bertz CT molecular complexity index is 104. The Labute approximate surface area is 148 Å². The zero-order chi connectivity index (χ0) is 12.0. The molecule has 0 rings (SSSR count). The molecule has 0 saturated heterocycles. The molecule has 6 nitrogen and oxygen atoms in total. The maximum absolute atomic E-state index is 7.50. The van der Waals surface area contributed by atoms with Crippen molar-refractivity contribution in [2.75, 3.05) is 0 Å². The maximum atomic E-state index is 7.50. The fraction of sp³-hybridized carbons (Fsp3) is 0. The van der Waals surface area contributed by atoms with E-state index in [1.54, 1.807) is 0 Å². The minimum atomic E-state index is 0. The maximum Gasteiger partial charge on any atom is 0 e. The van der Waals surface area contributed by atoms with Crippen LogP contribution in [0.5, 0.6) is 0 Å². The van der Waals surface area contributed by atoms with E-state index in [1.807, 2.05) is 0 Å². The molecule has 0 saturated carbocycles. The molecule has 0 aromatic heterocycles. The van der Waals surface area contributed by atoms with E-state index in [0.717, 1.165) is 0 Å². The molecule has 88 valence electrons. The van der Waals surface area contributed by atoms with Crippen molar-refractivity contribution < 1.29 is 62.1 Å². The summed E-state index contributed by atoms with van der Waals surface area (Å²) < 4.78 is 45.0. The van der Waals surface area contributed by atoms with Crippen LogP contribution in [0.1, 0.15) is 0 Å². The van der Waals surface area contributed by atoms with Crippen LogP contribution in [0.25, 0.3) is 0 Å². The molecule has 16 heavy (non-hydrogen) atoms. The van der Waals surface area contributed by atoms with Gasteiger partial charge in [0.25, 0.3) is 0 Å². The molecule has 0 aromatic carbocycles. The second-order valence-corrected chi connectivity index (χ2v) is 0. The number of hydrogen-bond acceptors (Lipinski definition) is 0. The SMILES string of the molecule is [C-]#[O+].[C-]#[O+].[C-]#[O+].[C-]#[O+].[C-]#[O+].[C-]#[O+].[Fe].[Fe].[Te].[Te]. The van der Waals surface area contributed by atoms with Gasteiger partial charge in [0.2, 0.25) is 0 Å². The molecule has 0 heterocycles. The van der Waals surface area contributed by atoms with Crippen molar-refractivity contribution in [2.24, 2.45) is 0 Å². The molecule has 10 heteroatoms. The van der Waals surface area contributed by atoms with Gasteiger partial charge in [-0.25, -0.2) is 0 Å². The zero-order valence-electron chi connectivity index (χ0n) is 6.97. The summed E-state index contributed by atoms with van der Waals surface area (Å²) in [5.41, 5.74) is 0. The van der Waals surface area contributed by atoms with Gasteiger partial charge in [0.15, 0.2) is 0 Å². The third-order valence-electron chi connectivity index (χ3n) is 0. The molecule has 0 aromatic rings. The predicted molar refractivity (Wildman–Crippen MR) is 35.1 cm³/mol. The first kappa shape index (κ1) is 88.3. The first-order valence-corrected chi connectivity index (χ1v) is 1.22. The van der Waals surface area contributed by atoms with Crippen molar-refractivity contribution in [3.63, 3.8) is 0 Å². The summed E-state index contributed by atoms with van der Waals surface area (Å²) in [4.78, 5) is 0. The molecule has 0 amide bonds. The summed E-state index contributed by atoms with van der Waals surface area (Å²) >= 11 is 0. The van der Waals surface area contributed by atoms with Gasteiger partial charge in [-0.2, -0.15) is 0 Å². The van der Waals surface area contributed by atoms with Gasteiger partial charge in [0, 0.05) is 81.5 Å². The van der Waals surface area contributed by atoms with Gasteiger partial charge < -0.3 is 0 Å². The van der Waals surface area contributed by atoms with Crippen LogP contribution in [0.2, 0.25) is 0 Å². The second-order valence-electron chi connectivity index (χ2n) is 0. The molecule has 0 bridgehead atoms. The van der Waals surface area contributed by atoms with E-state index < -0.39 is 0 Å². The van der Waals surface area contributed by atoms with Crippen LogP contribution in [0.15, 0.2) is 0 Å². The van der Waals surface area contributed by atoms with Crippen molar-refractivity contribution in [2.45, 2.75) is 0 Å². The van der Waals surface area contributed by atoms with Crippen molar-refractivity contribution in [1.82, 2.24) is 0 Å². The van der Waals surface area contributed by atoms with E-state index in [9.17, 15) is 0 Å². The molecule has 0 aliphatic heterocycles. The summed E-state index contributed by atoms with van der Waals surface area (Å²) in [6.07, 6.45) is 0. The summed E-state index contributed by atoms with van der Waals surface area (Å²) in [6, 6.07) is 0. The Hall–Kier alpha value is 1.06. The molecular formula is C6Fe2O6Te2. The van der Waals surface area contributed by atoms with Crippen LogP contribution < -0.4 is 0 Å². The largest absolute Gasteiger partial charge is 0 e. The number of rotatable bonds is 0. The molecule has 0 unspecified atom stereocenters. The van der Waals surface area contributed by atoms with Gasteiger partial charge in [0.1, 0.15) is 0 Å². The minimum absolute atomic E-state index is 0. The number of hydrogen-bond donors (Lipinski definition) is 0. The monoisotopic (exact) mass is 540 g/mol. The molecule has 4 radical (unpaired) electrons. The normalized spacial score (nSPS) is 0.750. The van der Waals surface area contributed by atoms with Crippen LogP contribution >= 0.6 is 0 Å². The Morgan fingerprint density at radius 3 is 0.312 bits per heavy atom. The van der Waals surface area contributed by atoms with E-state index in [4.69, 9.17) is 27.9 Å². The minimum Gasteiger partial charge on any atom is 0 e. The molecule has 0 aliphatic carbocycles. The fourth-order valence-electron chi connectivity index (χ4n) is 0. The van der Waals surface area contributed by atoms with E-state index in [1.165, 1.54) is 0 Å². The Morgan fingerprint density at radius 1 is 0.312 bits per heavy atom. The first-order valence-electron chi connectivity index (χ1n) is 1.22. The first-order chi connectivity index (χ1) is 6.00. The van der Waals surface area contributed by atoms with E-state index in [-0.39, 0.29) is 81.5 Å². The Balaban J connectivity index is -0.00000000321. The van der Waals surface area contributed by atoms with Gasteiger partial charge in [-0.15, -0.1) is 0 Å². The Kier molecular flexibility index (Phi) is 17900. The predicted octanol–water partition coefficient (Wildman–Crippen LogP) is -0.992. The molecule has 0 N–H and O–H groups in total. The van der Waals surface area contributed by atoms with Gasteiger partial charge in [0.05, 0.1) is 0 Å². The van der Waals surface area contributed by atoms with Crippen molar-refractivity contribution in [3.8, 4) is 0 Å². The smallest absolute Gasteiger partial charge is 0 e. The Morgan fingerprint density at radius 2 is 0.312 bits per heavy atom. The molecule has 0 aliphatic rings. The van der Waals surface area contributed by atoms with Crippen LogP contribution in [-0.4, -0.2) is 47.3 Å². The van der Waals surface area contributed by atoms with Crippen LogP contribution in [0.3, 0.4) is 0 Å². The summed E-state index contributed by atoms with van der Waals surface area (Å²) in [5, 5.41) is 0. The van der Waals surface area contributed by atoms with Crippen molar-refractivity contribution in [1.29, 1.82) is 0 Å². The summed E-state index contributed by atoms with van der Waals surface area (Å²) in [7, 11) is 0. The van der Waals surface area contributed by atoms with Crippen molar-refractivity contribution >= 4 is 47.3 Å². The van der Waals surface area contributed by atoms with E-state index in [2.05, 4.69) is 39.9 Å². The van der Waals surface area contributed by atoms with E-state index >= 15 is 0 Å². The summed E-state index contributed by atoms with van der Waals surface area (Å²) in [5.74, 6) is 0. The van der Waals surface area contributed by atoms with Crippen LogP contribution in [0, 0.1) is 39.9 Å². The van der Waals surface area contributed by atoms with E-state index in [0.29, 0.717) is 0 Å². The average molecular weight is 535 g/mol. The topological polar surface area (TPSA) is 119 Å². The quantitative estimate of drug-likeness (QED) is 0.215. The average Bonchev–Trinajstić information content (AvgIpc) is 2.33. The zero-order valence-corrected chi connectivity index (χ0v) is 13.8. The molecule has 0 spiro atoms. The third-order valence-corrected chi connectivity index (χ3v) is 0. The van der Waals surface area contributed by atoms with Gasteiger partial charge >= 0.3 is 67.8 Å². The summed E-state index contributed by atoms with van der Waals surface area (Å²) in [6.45, 7) is 27.0. The van der Waals surface area contributed by atoms with Crippen LogP contribution in [-0.2, 0) is 62.1 Å². The van der Waals surface area contributed by atoms with Gasteiger partial charge in [-0.05, 0) is 0 Å². The molecule has 0 atom stereocenters. The third kappa shape index (κ3) is 2660. The van der Waals surface area contributed by atoms with Gasteiger partial charge in [-0.3, -0.25) is 0 Å². The second kappa shape index (κ2) is 3250. The van der Waals surface area contributed by atoms with Crippen LogP contribution in [0.4, 0.5) is 0 Å². The molecule has 0 fully saturated rings. The standard InChI is InChI=1S/6CO.2Fe.2Te/c6*1-2;;;;. The van der Waals surface area contributed by atoms with Gasteiger partial charge in [-0.1, -0.05) is 0 Å². The molecular weight excluding hydrogens is 535 g/mol. The fourth-order valence-corrected chi connectivity index (χ4v) is 0. The van der Waals surface area contributed by atoms with Crippen molar-refractivity contribution in [3.05, 3.63) is 39.9 Å².